The Kier molecular flexibility index (Phi) is 18.2. The molecule has 0 atom stereocenters. The average Bonchev–Trinajstić information content (AvgIpc) is 2.75. The summed E-state index contributed by atoms with van der Waals surface area (Å²) in [5, 5.41) is 9.65. The van der Waals surface area contributed by atoms with Crippen LogP contribution in [0.15, 0.2) is 57.5 Å². The minimum Gasteiger partial charge on any atom is -0.508 e. The maximum absolute atomic E-state index is 10.8. The predicted molar refractivity (Wildman–Crippen MR) is 132 cm³/mol. The smallest absolute Gasteiger partial charge is 0.305 e. The number of aromatic hydroxyl groups is 1. The van der Waals surface area contributed by atoms with Crippen molar-refractivity contribution in [2.24, 2.45) is 0 Å². The van der Waals surface area contributed by atoms with Gasteiger partial charge in [-0.05, 0) is 49.2 Å². The highest BCUT2D eigenvalue weighted by Crippen LogP contribution is 2.18. The number of carbonyl (C=O) groups is 2. The van der Waals surface area contributed by atoms with Crippen molar-refractivity contribution in [3.63, 3.8) is 0 Å². The summed E-state index contributed by atoms with van der Waals surface area (Å²) in [7, 11) is 2.79. The van der Waals surface area contributed by atoms with Gasteiger partial charge in [0.1, 0.15) is 11.5 Å². The van der Waals surface area contributed by atoms with Gasteiger partial charge in [-0.2, -0.15) is 0 Å². The van der Waals surface area contributed by atoms with E-state index < -0.39 is 0 Å². The molecule has 0 saturated heterocycles. The van der Waals surface area contributed by atoms with Crippen LogP contribution in [0.3, 0.4) is 0 Å². The lowest BCUT2D eigenvalue weighted by molar-refractivity contribution is -0.141. The molecule has 0 radical (unpaired) electrons. The van der Waals surface area contributed by atoms with E-state index in [0.717, 1.165) is 26.4 Å². The third-order valence-electron chi connectivity index (χ3n) is 3.37. The number of hydrogen-bond donors (Lipinski definition) is 1. The Labute approximate surface area is 208 Å². The van der Waals surface area contributed by atoms with Crippen LogP contribution in [-0.2, 0) is 19.1 Å². The standard InChI is InChI=1S/C11H13BrO3.C6H5BrO.C5H9BrO2/c1-14-11(13)6-3-7-15-10-5-2-4-9(12)8-10;7-5-2-1-3-6(8)4-5;1-8-5(7)3-2-4-6/h2,4-5,8H,3,6-7H2,1H3;1-4,8H;2-4H2,1H3. The number of phenolic OH excluding ortho intramolecular Hbond substituents is 1. The molecule has 0 aliphatic heterocycles. The van der Waals surface area contributed by atoms with E-state index >= 15 is 0 Å². The molecule has 172 valence electrons. The Morgan fingerprint density at radius 2 is 1.42 bits per heavy atom. The van der Waals surface area contributed by atoms with E-state index in [0.29, 0.717) is 31.6 Å². The largest absolute Gasteiger partial charge is 0.508 e. The molecule has 2 aromatic rings. The summed E-state index contributed by atoms with van der Waals surface area (Å²) in [6, 6.07) is 14.5. The van der Waals surface area contributed by atoms with Crippen LogP contribution in [0.5, 0.6) is 11.5 Å². The molecule has 2 aromatic carbocycles. The summed E-state index contributed by atoms with van der Waals surface area (Å²) >= 11 is 9.75. The molecule has 0 aliphatic carbocycles. The van der Waals surface area contributed by atoms with Crippen LogP contribution in [0, 0.1) is 0 Å². The Morgan fingerprint density at radius 3 is 1.87 bits per heavy atom. The lowest BCUT2D eigenvalue weighted by Crippen LogP contribution is -2.04. The quantitative estimate of drug-likeness (QED) is 0.211. The van der Waals surface area contributed by atoms with Crippen LogP contribution < -0.4 is 4.74 Å². The van der Waals surface area contributed by atoms with Crippen LogP contribution in [0.4, 0.5) is 0 Å². The van der Waals surface area contributed by atoms with Crippen molar-refractivity contribution in [1.82, 2.24) is 0 Å². The fourth-order valence-corrected chi connectivity index (χ4v) is 2.90. The summed E-state index contributed by atoms with van der Waals surface area (Å²) in [4.78, 5) is 21.1. The van der Waals surface area contributed by atoms with Crippen molar-refractivity contribution in [1.29, 1.82) is 0 Å². The van der Waals surface area contributed by atoms with Crippen molar-refractivity contribution in [2.45, 2.75) is 25.7 Å². The number of rotatable bonds is 8. The molecule has 9 heteroatoms. The van der Waals surface area contributed by atoms with Crippen molar-refractivity contribution < 1.29 is 28.9 Å². The summed E-state index contributed by atoms with van der Waals surface area (Å²) < 4.78 is 16.2. The molecule has 0 heterocycles. The fraction of sp³-hybridized carbons (Fsp3) is 0.364. The lowest BCUT2D eigenvalue weighted by atomic mass is 10.3. The second-order valence-corrected chi connectivity index (χ2v) is 8.46. The van der Waals surface area contributed by atoms with Gasteiger partial charge in [0.2, 0.25) is 0 Å². The first-order valence-electron chi connectivity index (χ1n) is 9.34. The molecule has 0 bridgehead atoms. The Hall–Kier alpha value is -1.58. The topological polar surface area (TPSA) is 82.1 Å². The van der Waals surface area contributed by atoms with Gasteiger partial charge in [0.05, 0.1) is 20.8 Å². The number of halogens is 3. The fourth-order valence-electron chi connectivity index (χ4n) is 1.85. The van der Waals surface area contributed by atoms with E-state index in [1.165, 1.54) is 14.2 Å². The van der Waals surface area contributed by atoms with Gasteiger partial charge in [-0.3, -0.25) is 9.59 Å². The first-order valence-corrected chi connectivity index (χ1v) is 12.1. The third-order valence-corrected chi connectivity index (χ3v) is 4.92. The van der Waals surface area contributed by atoms with Gasteiger partial charge in [0.25, 0.3) is 0 Å². The number of ether oxygens (including phenoxy) is 3. The van der Waals surface area contributed by atoms with E-state index in [2.05, 4.69) is 57.3 Å². The molecule has 0 aromatic heterocycles. The summed E-state index contributed by atoms with van der Waals surface area (Å²) in [6.45, 7) is 0.519. The van der Waals surface area contributed by atoms with Crippen molar-refractivity contribution in [3.05, 3.63) is 57.5 Å². The van der Waals surface area contributed by atoms with Crippen LogP contribution in [0.25, 0.3) is 0 Å². The SMILES string of the molecule is COC(=O)CCCBr.COC(=O)CCCOc1cccc(Br)c1.Oc1cccc(Br)c1. The normalized spacial score (nSPS) is 9.32. The van der Waals surface area contributed by atoms with Crippen molar-refractivity contribution in [2.75, 3.05) is 26.2 Å². The zero-order chi connectivity index (χ0) is 23.5. The minimum absolute atomic E-state index is 0.135. The van der Waals surface area contributed by atoms with Crippen molar-refractivity contribution in [3.8, 4) is 11.5 Å². The molecule has 0 fully saturated rings. The van der Waals surface area contributed by atoms with Gasteiger partial charge in [0, 0.05) is 27.1 Å². The monoisotopic (exact) mass is 624 g/mol. The minimum atomic E-state index is -0.201. The van der Waals surface area contributed by atoms with Gasteiger partial charge in [-0.25, -0.2) is 0 Å². The van der Waals surface area contributed by atoms with Crippen LogP contribution in [0.2, 0.25) is 0 Å². The van der Waals surface area contributed by atoms with Gasteiger partial charge in [0.15, 0.2) is 0 Å². The van der Waals surface area contributed by atoms with Crippen LogP contribution in [0.1, 0.15) is 25.7 Å². The molecular weight excluding hydrogens is 600 g/mol. The first-order chi connectivity index (χ1) is 14.8. The highest BCUT2D eigenvalue weighted by atomic mass is 79.9. The van der Waals surface area contributed by atoms with E-state index in [1.807, 2.05) is 30.3 Å². The lowest BCUT2D eigenvalue weighted by Gasteiger charge is -2.05. The molecule has 1 N–H and O–H groups in total. The van der Waals surface area contributed by atoms with Gasteiger partial charge >= 0.3 is 11.9 Å². The maximum Gasteiger partial charge on any atom is 0.305 e. The number of phenols is 1. The first kappa shape index (κ1) is 29.4. The second-order valence-electron chi connectivity index (χ2n) is 5.83. The third kappa shape index (κ3) is 17.8. The van der Waals surface area contributed by atoms with Gasteiger partial charge in [-0.15, -0.1) is 0 Å². The van der Waals surface area contributed by atoms with Gasteiger partial charge in [-0.1, -0.05) is 59.9 Å². The molecule has 2 rings (SSSR count). The van der Waals surface area contributed by atoms with E-state index in [-0.39, 0.29) is 11.9 Å². The van der Waals surface area contributed by atoms with E-state index in [1.54, 1.807) is 18.2 Å². The number of esters is 2. The number of carbonyl (C=O) groups excluding carboxylic acids is 2. The number of methoxy groups -OCH3 is 2. The Bertz CT molecular complexity index is 753. The predicted octanol–water partition coefficient (Wildman–Crippen LogP) is 6.27. The summed E-state index contributed by atoms with van der Waals surface area (Å²) in [5.41, 5.74) is 0. The molecule has 6 nitrogen and oxygen atoms in total. The van der Waals surface area contributed by atoms with Crippen LogP contribution >= 0.6 is 47.8 Å². The maximum atomic E-state index is 10.8. The molecule has 31 heavy (non-hydrogen) atoms. The van der Waals surface area contributed by atoms with E-state index in [9.17, 15) is 9.59 Å². The molecule has 0 amide bonds. The second kappa shape index (κ2) is 19.1. The molecule has 0 unspecified atom stereocenters. The Balaban J connectivity index is 0.000000477. The zero-order valence-electron chi connectivity index (χ0n) is 17.5. The molecule has 0 spiro atoms. The Morgan fingerprint density at radius 1 is 0.871 bits per heavy atom. The highest BCUT2D eigenvalue weighted by Gasteiger charge is 2.00. The number of hydrogen-bond acceptors (Lipinski definition) is 6. The summed E-state index contributed by atoms with van der Waals surface area (Å²) in [6.07, 6.45) is 2.43. The molecule has 0 saturated carbocycles. The molecule has 0 aliphatic rings. The van der Waals surface area contributed by atoms with E-state index in [4.69, 9.17) is 9.84 Å². The van der Waals surface area contributed by atoms with Crippen molar-refractivity contribution >= 4 is 59.7 Å². The number of alkyl halides is 1. The van der Waals surface area contributed by atoms with Crippen LogP contribution in [-0.4, -0.2) is 43.2 Å². The molecular formula is C22H27Br3O6. The zero-order valence-corrected chi connectivity index (χ0v) is 22.2. The van der Waals surface area contributed by atoms with Gasteiger partial charge < -0.3 is 19.3 Å². The highest BCUT2D eigenvalue weighted by molar-refractivity contribution is 9.10. The average molecular weight is 627 g/mol. The summed E-state index contributed by atoms with van der Waals surface area (Å²) in [5.74, 6) is 0.755. The number of benzene rings is 2.